The van der Waals surface area contributed by atoms with Crippen LogP contribution in [0.1, 0.15) is 18.4 Å². The Bertz CT molecular complexity index is 770. The normalized spacial score (nSPS) is 15.0. The zero-order valence-corrected chi connectivity index (χ0v) is 12.9. The van der Waals surface area contributed by atoms with Crippen LogP contribution in [0.5, 0.6) is 0 Å². The summed E-state index contributed by atoms with van der Waals surface area (Å²) in [7, 11) is 0. The van der Waals surface area contributed by atoms with E-state index in [1.54, 1.807) is 11.3 Å². The summed E-state index contributed by atoms with van der Waals surface area (Å²) in [5.74, 6) is 1.09. The summed E-state index contributed by atoms with van der Waals surface area (Å²) >= 11 is 1.74. The first-order chi connectivity index (χ1) is 10.3. The Balaban J connectivity index is 1.67. The highest BCUT2D eigenvalue weighted by atomic mass is 32.1. The van der Waals surface area contributed by atoms with E-state index >= 15 is 0 Å². The van der Waals surface area contributed by atoms with Crippen LogP contribution in [0.4, 0.5) is 5.82 Å². The molecule has 0 aliphatic carbocycles. The highest BCUT2D eigenvalue weighted by Crippen LogP contribution is 2.31. The number of aromatic nitrogens is 2. The second-order valence-corrected chi connectivity index (χ2v) is 6.62. The Morgan fingerprint density at radius 3 is 2.71 bits per heavy atom. The fourth-order valence-electron chi connectivity index (χ4n) is 2.80. The molecule has 106 valence electrons. The standard InChI is InChI=1S/C17H17N3S/c1-12-4-6-14-15(10-12)21-17(19-14)13-5-7-16(18-11-13)20-8-2-3-9-20/h4-7,10-11H,2-3,8-9H2,1H3. The Kier molecular flexibility index (Phi) is 3.11. The van der Waals surface area contributed by atoms with Gasteiger partial charge in [0.25, 0.3) is 0 Å². The molecule has 1 aliphatic heterocycles. The Labute approximate surface area is 128 Å². The summed E-state index contributed by atoms with van der Waals surface area (Å²) in [6, 6.07) is 10.7. The average Bonchev–Trinajstić information content (AvgIpc) is 3.16. The van der Waals surface area contributed by atoms with Gasteiger partial charge in [0.2, 0.25) is 0 Å². The van der Waals surface area contributed by atoms with E-state index in [-0.39, 0.29) is 0 Å². The number of aryl methyl sites for hydroxylation is 1. The lowest BCUT2D eigenvalue weighted by Crippen LogP contribution is -2.18. The van der Waals surface area contributed by atoms with Crippen molar-refractivity contribution >= 4 is 27.4 Å². The minimum atomic E-state index is 1.05. The van der Waals surface area contributed by atoms with Gasteiger partial charge >= 0.3 is 0 Å². The van der Waals surface area contributed by atoms with E-state index in [2.05, 4.69) is 47.1 Å². The van der Waals surface area contributed by atoms with Crippen LogP contribution in [-0.4, -0.2) is 23.1 Å². The first-order valence-electron chi connectivity index (χ1n) is 7.38. The molecule has 2 aromatic heterocycles. The van der Waals surface area contributed by atoms with E-state index in [0.717, 1.165) is 35.0 Å². The molecule has 0 N–H and O–H groups in total. The third-order valence-electron chi connectivity index (χ3n) is 3.97. The molecule has 1 fully saturated rings. The predicted molar refractivity (Wildman–Crippen MR) is 89.0 cm³/mol. The number of thiazole rings is 1. The van der Waals surface area contributed by atoms with Crippen molar-refractivity contribution < 1.29 is 0 Å². The molecule has 3 aromatic rings. The van der Waals surface area contributed by atoms with Gasteiger partial charge < -0.3 is 4.90 Å². The van der Waals surface area contributed by atoms with E-state index in [9.17, 15) is 0 Å². The van der Waals surface area contributed by atoms with Gasteiger partial charge in [-0.25, -0.2) is 9.97 Å². The Morgan fingerprint density at radius 2 is 1.95 bits per heavy atom. The van der Waals surface area contributed by atoms with Crippen molar-refractivity contribution in [3.05, 3.63) is 42.1 Å². The SMILES string of the molecule is Cc1ccc2nc(-c3ccc(N4CCCC4)nc3)sc2c1. The van der Waals surface area contributed by atoms with Gasteiger partial charge in [0.05, 0.1) is 10.2 Å². The third kappa shape index (κ3) is 2.40. The summed E-state index contributed by atoms with van der Waals surface area (Å²) in [5.41, 5.74) is 3.46. The second kappa shape index (κ2) is 5.11. The molecule has 0 saturated carbocycles. The van der Waals surface area contributed by atoms with Gasteiger partial charge in [-0.05, 0) is 49.6 Å². The molecule has 1 aromatic carbocycles. The van der Waals surface area contributed by atoms with E-state index in [1.165, 1.54) is 23.1 Å². The van der Waals surface area contributed by atoms with E-state index in [0.29, 0.717) is 0 Å². The molecular formula is C17H17N3S. The largest absolute Gasteiger partial charge is 0.357 e. The molecule has 3 heterocycles. The van der Waals surface area contributed by atoms with Crippen LogP contribution in [0.15, 0.2) is 36.5 Å². The van der Waals surface area contributed by atoms with Crippen LogP contribution in [0.3, 0.4) is 0 Å². The molecule has 4 rings (SSSR count). The van der Waals surface area contributed by atoms with Gasteiger partial charge in [0.1, 0.15) is 10.8 Å². The molecule has 3 nitrogen and oxygen atoms in total. The lowest BCUT2D eigenvalue weighted by atomic mass is 10.2. The molecule has 0 radical (unpaired) electrons. The Hall–Kier alpha value is -1.94. The maximum atomic E-state index is 4.72. The number of hydrogen-bond acceptors (Lipinski definition) is 4. The van der Waals surface area contributed by atoms with Gasteiger partial charge in [0.15, 0.2) is 0 Å². The zero-order valence-electron chi connectivity index (χ0n) is 12.0. The number of fused-ring (bicyclic) bond motifs is 1. The number of rotatable bonds is 2. The third-order valence-corrected chi connectivity index (χ3v) is 5.04. The topological polar surface area (TPSA) is 29.0 Å². The van der Waals surface area contributed by atoms with Crippen molar-refractivity contribution in [1.82, 2.24) is 9.97 Å². The molecule has 0 unspecified atom stereocenters. The summed E-state index contributed by atoms with van der Waals surface area (Å²) in [5, 5.41) is 1.05. The van der Waals surface area contributed by atoms with Crippen molar-refractivity contribution in [2.24, 2.45) is 0 Å². The van der Waals surface area contributed by atoms with Crippen LogP contribution in [0.25, 0.3) is 20.8 Å². The number of anilines is 1. The van der Waals surface area contributed by atoms with Gasteiger partial charge in [-0.2, -0.15) is 0 Å². The summed E-state index contributed by atoms with van der Waals surface area (Å²) < 4.78 is 1.24. The smallest absolute Gasteiger partial charge is 0.128 e. The minimum Gasteiger partial charge on any atom is -0.357 e. The molecule has 0 amide bonds. The molecule has 0 atom stereocenters. The number of benzene rings is 1. The number of pyridine rings is 1. The zero-order chi connectivity index (χ0) is 14.2. The minimum absolute atomic E-state index is 1.05. The van der Waals surface area contributed by atoms with Crippen molar-refractivity contribution in [2.45, 2.75) is 19.8 Å². The highest BCUT2D eigenvalue weighted by molar-refractivity contribution is 7.21. The molecule has 1 saturated heterocycles. The average molecular weight is 295 g/mol. The summed E-state index contributed by atoms with van der Waals surface area (Å²) in [4.78, 5) is 11.7. The maximum absolute atomic E-state index is 4.72. The van der Waals surface area contributed by atoms with Crippen LogP contribution < -0.4 is 4.90 Å². The van der Waals surface area contributed by atoms with E-state index < -0.39 is 0 Å². The number of nitrogens with zero attached hydrogens (tertiary/aromatic N) is 3. The molecular weight excluding hydrogens is 278 g/mol. The lowest BCUT2D eigenvalue weighted by Gasteiger charge is -2.15. The van der Waals surface area contributed by atoms with Gasteiger partial charge in [0, 0.05) is 24.8 Å². The van der Waals surface area contributed by atoms with Crippen LogP contribution in [0.2, 0.25) is 0 Å². The quantitative estimate of drug-likeness (QED) is 0.707. The molecule has 0 bridgehead atoms. The van der Waals surface area contributed by atoms with Crippen LogP contribution in [-0.2, 0) is 0 Å². The Morgan fingerprint density at radius 1 is 1.10 bits per heavy atom. The predicted octanol–water partition coefficient (Wildman–Crippen LogP) is 4.27. The summed E-state index contributed by atoms with van der Waals surface area (Å²) in [6.45, 7) is 4.38. The molecule has 1 aliphatic rings. The summed E-state index contributed by atoms with van der Waals surface area (Å²) in [6.07, 6.45) is 4.51. The van der Waals surface area contributed by atoms with E-state index in [1.807, 2.05) is 6.20 Å². The number of hydrogen-bond donors (Lipinski definition) is 0. The monoisotopic (exact) mass is 295 g/mol. The molecule has 21 heavy (non-hydrogen) atoms. The van der Waals surface area contributed by atoms with Crippen LogP contribution >= 0.6 is 11.3 Å². The molecule has 4 heteroatoms. The fraction of sp³-hybridized carbons (Fsp3) is 0.294. The van der Waals surface area contributed by atoms with Crippen molar-refractivity contribution in [3.8, 4) is 10.6 Å². The van der Waals surface area contributed by atoms with Gasteiger partial charge in [-0.1, -0.05) is 6.07 Å². The highest BCUT2D eigenvalue weighted by Gasteiger charge is 2.14. The van der Waals surface area contributed by atoms with Gasteiger partial charge in [-0.3, -0.25) is 0 Å². The lowest BCUT2D eigenvalue weighted by molar-refractivity contribution is 0.938. The van der Waals surface area contributed by atoms with Crippen molar-refractivity contribution in [2.75, 3.05) is 18.0 Å². The van der Waals surface area contributed by atoms with E-state index in [4.69, 9.17) is 4.98 Å². The van der Waals surface area contributed by atoms with Crippen LogP contribution in [0, 0.1) is 6.92 Å². The first kappa shape index (κ1) is 12.8. The fourth-order valence-corrected chi connectivity index (χ4v) is 3.86. The van der Waals surface area contributed by atoms with Crippen molar-refractivity contribution in [1.29, 1.82) is 0 Å². The van der Waals surface area contributed by atoms with Gasteiger partial charge in [-0.15, -0.1) is 11.3 Å². The molecule has 0 spiro atoms. The van der Waals surface area contributed by atoms with Crippen molar-refractivity contribution in [3.63, 3.8) is 0 Å². The second-order valence-electron chi connectivity index (χ2n) is 5.59. The first-order valence-corrected chi connectivity index (χ1v) is 8.20. The maximum Gasteiger partial charge on any atom is 0.128 e.